The number of anilines is 1. The van der Waals surface area contributed by atoms with Gasteiger partial charge in [0.2, 0.25) is 16.6 Å². The molecule has 1 amide bonds. The van der Waals surface area contributed by atoms with Gasteiger partial charge in [0.1, 0.15) is 0 Å². The maximum absolute atomic E-state index is 12.8. The van der Waals surface area contributed by atoms with Gasteiger partial charge >= 0.3 is 5.97 Å². The molecule has 1 fully saturated rings. The Morgan fingerprint density at radius 1 is 1.16 bits per heavy atom. The quantitative estimate of drug-likeness (QED) is 0.414. The third-order valence-corrected chi connectivity index (χ3v) is 8.72. The molecule has 0 radical (unpaired) electrons. The molecule has 0 saturated heterocycles. The van der Waals surface area contributed by atoms with Crippen LogP contribution in [0.1, 0.15) is 29.5 Å². The minimum Gasteiger partial charge on any atom is -0.463 e. The van der Waals surface area contributed by atoms with Gasteiger partial charge in [0.25, 0.3) is 5.91 Å². The lowest BCUT2D eigenvalue weighted by molar-refractivity contribution is -0.149. The van der Waals surface area contributed by atoms with Gasteiger partial charge < -0.3 is 19.8 Å². The number of carbonyl (C=O) groups excluding carboxylic acids is 2. The summed E-state index contributed by atoms with van der Waals surface area (Å²) >= 11 is 0. The van der Waals surface area contributed by atoms with Gasteiger partial charge in [-0.15, -0.1) is 0 Å². The molecule has 2 aromatic carbocycles. The van der Waals surface area contributed by atoms with E-state index in [1.807, 2.05) is 13.1 Å². The lowest BCUT2D eigenvalue weighted by Crippen LogP contribution is -2.27. The van der Waals surface area contributed by atoms with Crippen molar-refractivity contribution in [2.45, 2.75) is 30.7 Å². The van der Waals surface area contributed by atoms with Crippen LogP contribution in [-0.4, -0.2) is 76.1 Å². The molecule has 5 rings (SSSR count). The average molecular weight is 527 g/mol. The highest BCUT2D eigenvalue weighted by Gasteiger charge is 2.34. The van der Waals surface area contributed by atoms with E-state index in [9.17, 15) is 18.0 Å². The molecule has 2 aromatic rings. The van der Waals surface area contributed by atoms with E-state index in [-0.39, 0.29) is 17.2 Å². The summed E-state index contributed by atoms with van der Waals surface area (Å²) in [6, 6.07) is 8.64. The molecular weight excluding hydrogens is 496 g/mol. The summed E-state index contributed by atoms with van der Waals surface area (Å²) in [6.45, 7) is 1.51. The number of carbonyl (C=O) groups is 2. The van der Waals surface area contributed by atoms with E-state index in [1.165, 1.54) is 18.4 Å². The van der Waals surface area contributed by atoms with Crippen molar-refractivity contribution in [3.8, 4) is 11.1 Å². The van der Waals surface area contributed by atoms with Gasteiger partial charge in [-0.1, -0.05) is 17.3 Å². The first-order valence-corrected chi connectivity index (χ1v) is 13.7. The Balaban J connectivity index is 1.48. The molecule has 196 valence electrons. The predicted molar refractivity (Wildman–Crippen MR) is 138 cm³/mol. The van der Waals surface area contributed by atoms with Gasteiger partial charge in [0, 0.05) is 32.7 Å². The van der Waals surface area contributed by atoms with Crippen molar-refractivity contribution in [3.63, 3.8) is 0 Å². The molecule has 2 heterocycles. The second-order valence-corrected chi connectivity index (χ2v) is 12.0. The van der Waals surface area contributed by atoms with Crippen molar-refractivity contribution in [1.29, 1.82) is 0 Å². The molecule has 37 heavy (non-hydrogen) atoms. The number of benzene rings is 2. The number of nitrogens with zero attached hydrogens (tertiary/aromatic N) is 3. The maximum Gasteiger partial charge on any atom is 0.347 e. The Morgan fingerprint density at radius 3 is 2.57 bits per heavy atom. The smallest absolute Gasteiger partial charge is 0.347 e. The van der Waals surface area contributed by atoms with Crippen molar-refractivity contribution in [2.24, 2.45) is 11.1 Å². The van der Waals surface area contributed by atoms with Crippen LogP contribution in [0.4, 0.5) is 5.69 Å². The summed E-state index contributed by atoms with van der Waals surface area (Å²) in [5.74, 6) is -0.473. The molecule has 0 atom stereocenters. The first kappa shape index (κ1) is 25.4. The minimum atomic E-state index is -3.55. The Kier molecular flexibility index (Phi) is 6.78. The third-order valence-electron chi connectivity index (χ3n) is 6.89. The second kappa shape index (κ2) is 9.88. The summed E-state index contributed by atoms with van der Waals surface area (Å²) in [5, 5.41) is 6.93. The van der Waals surface area contributed by atoms with Gasteiger partial charge in [0.15, 0.2) is 5.71 Å². The summed E-state index contributed by atoms with van der Waals surface area (Å²) in [7, 11) is 1.46. The van der Waals surface area contributed by atoms with Crippen LogP contribution >= 0.6 is 0 Å². The standard InChI is InChI=1S/C26H30N4O6S/c1-29(2)37(33,34)18-8-6-17(7-9-18)20-12-21-24(22-13-30(3)11-10-19(20)22)27-26(32)25(21)28-36-15-23(31)35-14-16-4-5-16/h6-9,12,16H,4-5,10-11,13-15H2,1-3H3,(H,27,28,32). The first-order valence-electron chi connectivity index (χ1n) is 12.2. The number of rotatable bonds is 8. The van der Waals surface area contributed by atoms with E-state index in [0.717, 1.165) is 48.1 Å². The largest absolute Gasteiger partial charge is 0.463 e. The fourth-order valence-corrected chi connectivity index (χ4v) is 5.47. The van der Waals surface area contributed by atoms with Gasteiger partial charge in [-0.2, -0.15) is 0 Å². The molecular formula is C26H30N4O6S. The lowest BCUT2D eigenvalue weighted by Gasteiger charge is -2.29. The fourth-order valence-electron chi connectivity index (χ4n) is 4.57. The topological polar surface area (TPSA) is 118 Å². The van der Waals surface area contributed by atoms with Crippen LogP contribution in [0, 0.1) is 5.92 Å². The zero-order valence-corrected chi connectivity index (χ0v) is 21.9. The number of fused-ring (bicyclic) bond motifs is 3. The monoisotopic (exact) mass is 526 g/mol. The number of sulfonamides is 1. The predicted octanol–water partition coefficient (Wildman–Crippen LogP) is 2.22. The van der Waals surface area contributed by atoms with E-state index < -0.39 is 21.9 Å². The van der Waals surface area contributed by atoms with Crippen LogP contribution in [-0.2, 0) is 42.2 Å². The molecule has 2 aliphatic heterocycles. The number of amides is 1. The summed E-state index contributed by atoms with van der Waals surface area (Å²) in [4.78, 5) is 32.4. The number of hydrogen-bond acceptors (Lipinski definition) is 8. The number of likely N-dealkylation sites (N-methyl/N-ethyl adjacent to an activating group) is 1. The third kappa shape index (κ3) is 5.11. The van der Waals surface area contributed by atoms with E-state index >= 15 is 0 Å². The van der Waals surface area contributed by atoms with Gasteiger partial charge in [0.05, 0.1) is 17.2 Å². The van der Waals surface area contributed by atoms with Gasteiger partial charge in [-0.3, -0.25) is 4.79 Å². The van der Waals surface area contributed by atoms with Crippen LogP contribution in [0.25, 0.3) is 11.1 Å². The number of esters is 1. The van der Waals surface area contributed by atoms with Gasteiger partial charge in [-0.05, 0) is 72.7 Å². The van der Waals surface area contributed by atoms with Crippen LogP contribution in [0.15, 0.2) is 40.4 Å². The lowest BCUT2D eigenvalue weighted by atomic mass is 9.87. The van der Waals surface area contributed by atoms with Crippen molar-refractivity contribution in [3.05, 3.63) is 47.0 Å². The molecule has 0 aromatic heterocycles. The Labute approximate surface area is 216 Å². The summed E-state index contributed by atoms with van der Waals surface area (Å²) in [5.41, 5.74) is 5.22. The van der Waals surface area contributed by atoms with Crippen molar-refractivity contribution in [1.82, 2.24) is 9.21 Å². The molecule has 0 spiro atoms. The fraction of sp³-hybridized carbons (Fsp3) is 0.423. The number of oxime groups is 1. The van der Waals surface area contributed by atoms with Crippen LogP contribution in [0.3, 0.4) is 0 Å². The molecule has 0 bridgehead atoms. The highest BCUT2D eigenvalue weighted by Crippen LogP contribution is 2.40. The minimum absolute atomic E-state index is 0.0917. The van der Waals surface area contributed by atoms with E-state index in [0.29, 0.717) is 30.3 Å². The second-order valence-electron chi connectivity index (χ2n) is 9.90. The molecule has 3 aliphatic rings. The average Bonchev–Trinajstić information content (AvgIpc) is 3.65. The van der Waals surface area contributed by atoms with Crippen LogP contribution < -0.4 is 5.32 Å². The first-order chi connectivity index (χ1) is 17.6. The van der Waals surface area contributed by atoms with Crippen molar-refractivity contribution < 1.29 is 27.6 Å². The zero-order valence-electron chi connectivity index (χ0n) is 21.1. The highest BCUT2D eigenvalue weighted by molar-refractivity contribution is 7.89. The molecule has 10 nitrogen and oxygen atoms in total. The molecule has 1 N–H and O–H groups in total. The number of nitrogens with one attached hydrogen (secondary N) is 1. The molecule has 1 aliphatic carbocycles. The van der Waals surface area contributed by atoms with Crippen LogP contribution in [0.5, 0.6) is 0 Å². The van der Waals surface area contributed by atoms with Crippen molar-refractivity contribution >= 4 is 33.3 Å². The Bertz CT molecular complexity index is 1380. The maximum atomic E-state index is 12.8. The van der Waals surface area contributed by atoms with Crippen LogP contribution in [0.2, 0.25) is 0 Å². The zero-order chi connectivity index (χ0) is 26.3. The van der Waals surface area contributed by atoms with E-state index in [4.69, 9.17) is 9.57 Å². The molecule has 1 saturated carbocycles. The summed E-state index contributed by atoms with van der Waals surface area (Å²) < 4.78 is 31.4. The Morgan fingerprint density at radius 2 is 1.89 bits per heavy atom. The van der Waals surface area contributed by atoms with Gasteiger partial charge in [-0.25, -0.2) is 17.5 Å². The molecule has 11 heteroatoms. The molecule has 0 unspecified atom stereocenters. The highest BCUT2D eigenvalue weighted by atomic mass is 32.2. The van der Waals surface area contributed by atoms with E-state index in [2.05, 4.69) is 15.4 Å². The number of ether oxygens (including phenoxy) is 1. The SMILES string of the molecule is CN1CCc2c(-c3ccc(S(=O)(=O)N(C)C)cc3)cc3c(c2C1)NC(=O)/C3=N\OCC(=O)OCC1CC1. The number of hydrogen-bond donors (Lipinski definition) is 1. The Hall–Kier alpha value is -3.28. The van der Waals surface area contributed by atoms with Crippen molar-refractivity contribution in [2.75, 3.05) is 46.2 Å². The normalized spacial score (nSPS) is 18.5. The van der Waals surface area contributed by atoms with E-state index in [1.54, 1.807) is 24.3 Å². The summed E-state index contributed by atoms with van der Waals surface area (Å²) in [6.07, 6.45) is 2.92.